The van der Waals surface area contributed by atoms with E-state index in [1.165, 1.54) is 7.11 Å². The van der Waals surface area contributed by atoms with E-state index >= 15 is 0 Å². The van der Waals surface area contributed by atoms with E-state index in [1.54, 1.807) is 18.2 Å². The lowest BCUT2D eigenvalue weighted by Gasteiger charge is -2.13. The van der Waals surface area contributed by atoms with Gasteiger partial charge < -0.3 is 14.7 Å². The van der Waals surface area contributed by atoms with Crippen LogP contribution in [-0.2, 0) is 16.1 Å². The summed E-state index contributed by atoms with van der Waals surface area (Å²) in [5.74, 6) is -0.721. The number of aliphatic hydroxyl groups excluding tert-OH is 1. The Kier molecular flexibility index (Phi) is 2.78. The molecule has 1 aliphatic carbocycles. The molecule has 2 aliphatic rings. The minimum atomic E-state index is -1.34. The summed E-state index contributed by atoms with van der Waals surface area (Å²) in [6, 6.07) is 5.44. The average molecular weight is 261 g/mol. The molecule has 1 atom stereocenters. The molecular formula is C14H15NO4. The molecule has 1 aromatic rings. The Labute approximate surface area is 110 Å². The molecule has 5 heteroatoms. The van der Waals surface area contributed by atoms with Crippen molar-refractivity contribution in [1.82, 2.24) is 4.90 Å². The Bertz CT molecular complexity index is 550. The van der Waals surface area contributed by atoms with E-state index in [9.17, 15) is 14.7 Å². The zero-order valence-corrected chi connectivity index (χ0v) is 10.6. The third-order valence-electron chi connectivity index (χ3n) is 3.69. The minimum Gasteiger partial charge on any atom is -0.467 e. The Morgan fingerprint density at radius 1 is 1.47 bits per heavy atom. The fraction of sp³-hybridized carbons (Fsp3) is 0.429. The zero-order chi connectivity index (χ0) is 13.6. The maximum Gasteiger partial charge on any atom is 0.339 e. The van der Waals surface area contributed by atoms with E-state index in [2.05, 4.69) is 4.74 Å². The molecule has 3 rings (SSSR count). The van der Waals surface area contributed by atoms with E-state index in [1.807, 2.05) is 4.90 Å². The van der Waals surface area contributed by atoms with Crippen LogP contribution in [0.5, 0.6) is 0 Å². The molecule has 1 unspecified atom stereocenters. The maximum atomic E-state index is 12.2. The van der Waals surface area contributed by atoms with Crippen molar-refractivity contribution in [3.8, 4) is 0 Å². The van der Waals surface area contributed by atoms with E-state index in [4.69, 9.17) is 0 Å². The Hall–Kier alpha value is -1.88. The number of hydrogen-bond donors (Lipinski definition) is 1. The number of carbonyl (C=O) groups excluding carboxylic acids is 2. The molecule has 1 amide bonds. The summed E-state index contributed by atoms with van der Waals surface area (Å²) < 4.78 is 4.50. The number of rotatable bonds is 3. The topological polar surface area (TPSA) is 66.8 Å². The van der Waals surface area contributed by atoms with Crippen LogP contribution in [0.2, 0.25) is 0 Å². The van der Waals surface area contributed by atoms with Gasteiger partial charge in [0.15, 0.2) is 6.10 Å². The number of nitrogens with zero attached hydrogens (tertiary/aromatic N) is 1. The number of fused-ring (bicyclic) bond motifs is 1. The van der Waals surface area contributed by atoms with E-state index in [-0.39, 0.29) is 5.91 Å². The van der Waals surface area contributed by atoms with E-state index in [0.29, 0.717) is 23.7 Å². The third kappa shape index (κ3) is 2.00. The summed E-state index contributed by atoms with van der Waals surface area (Å²) in [7, 11) is 1.22. The number of esters is 1. The van der Waals surface area contributed by atoms with Crippen LogP contribution in [0.4, 0.5) is 0 Å². The van der Waals surface area contributed by atoms with Gasteiger partial charge in [-0.1, -0.05) is 12.1 Å². The molecule has 5 nitrogen and oxygen atoms in total. The van der Waals surface area contributed by atoms with Crippen LogP contribution in [0, 0.1) is 0 Å². The average Bonchev–Trinajstić information content (AvgIpc) is 3.22. The highest BCUT2D eigenvalue weighted by Crippen LogP contribution is 2.35. The second kappa shape index (κ2) is 4.35. The number of aliphatic hydroxyl groups is 1. The van der Waals surface area contributed by atoms with Crippen molar-refractivity contribution in [1.29, 1.82) is 0 Å². The van der Waals surface area contributed by atoms with Crippen molar-refractivity contribution >= 4 is 11.9 Å². The van der Waals surface area contributed by atoms with Crippen LogP contribution in [-0.4, -0.2) is 35.0 Å². The van der Waals surface area contributed by atoms with Crippen LogP contribution in [0.15, 0.2) is 18.2 Å². The van der Waals surface area contributed by atoms with Gasteiger partial charge in [0.1, 0.15) is 0 Å². The molecular weight excluding hydrogens is 246 g/mol. The largest absolute Gasteiger partial charge is 0.467 e. The fourth-order valence-electron chi connectivity index (χ4n) is 2.44. The van der Waals surface area contributed by atoms with Crippen molar-refractivity contribution in [2.75, 3.05) is 7.11 Å². The van der Waals surface area contributed by atoms with Gasteiger partial charge in [0, 0.05) is 18.2 Å². The molecule has 1 aliphatic heterocycles. The smallest absolute Gasteiger partial charge is 0.339 e. The number of methoxy groups -OCH3 is 1. The highest BCUT2D eigenvalue weighted by molar-refractivity contribution is 5.99. The SMILES string of the molecule is COC(=O)C(O)c1ccc2c(c1)C(=O)N(C1CC1)C2. The van der Waals surface area contributed by atoms with Crippen molar-refractivity contribution in [3.05, 3.63) is 34.9 Å². The lowest BCUT2D eigenvalue weighted by atomic mass is 10.0. The van der Waals surface area contributed by atoms with Crippen molar-refractivity contribution in [2.45, 2.75) is 31.5 Å². The predicted molar refractivity (Wildman–Crippen MR) is 66.3 cm³/mol. The number of amides is 1. The summed E-state index contributed by atoms with van der Waals surface area (Å²) in [6.45, 7) is 0.632. The van der Waals surface area contributed by atoms with Gasteiger partial charge >= 0.3 is 5.97 Å². The standard InChI is InChI=1S/C14H15NO4/c1-19-14(18)12(16)8-2-3-9-7-15(10-4-5-10)13(17)11(9)6-8/h2-3,6,10,12,16H,4-5,7H2,1H3. The summed E-state index contributed by atoms with van der Waals surface area (Å²) in [5.41, 5.74) is 1.95. The number of hydrogen-bond acceptors (Lipinski definition) is 4. The quantitative estimate of drug-likeness (QED) is 0.825. The van der Waals surface area contributed by atoms with Crippen LogP contribution < -0.4 is 0 Å². The lowest BCUT2D eigenvalue weighted by molar-refractivity contribution is -0.150. The van der Waals surface area contributed by atoms with E-state index in [0.717, 1.165) is 18.4 Å². The number of carbonyl (C=O) groups is 2. The number of ether oxygens (including phenoxy) is 1. The van der Waals surface area contributed by atoms with Gasteiger partial charge in [-0.15, -0.1) is 0 Å². The van der Waals surface area contributed by atoms with Gasteiger partial charge in [-0.25, -0.2) is 4.79 Å². The molecule has 1 aromatic carbocycles. The summed E-state index contributed by atoms with van der Waals surface area (Å²) >= 11 is 0. The Morgan fingerprint density at radius 3 is 2.84 bits per heavy atom. The second-order valence-corrected chi connectivity index (χ2v) is 5.01. The molecule has 1 fully saturated rings. The van der Waals surface area contributed by atoms with Gasteiger partial charge in [0.25, 0.3) is 5.91 Å². The first-order valence-corrected chi connectivity index (χ1v) is 6.31. The summed E-state index contributed by atoms with van der Waals surface area (Å²) in [6.07, 6.45) is 0.799. The first kappa shape index (κ1) is 12.2. The summed E-state index contributed by atoms with van der Waals surface area (Å²) in [5, 5.41) is 9.79. The molecule has 0 radical (unpaired) electrons. The fourth-order valence-corrected chi connectivity index (χ4v) is 2.44. The van der Waals surface area contributed by atoms with Crippen LogP contribution >= 0.6 is 0 Å². The maximum absolute atomic E-state index is 12.2. The van der Waals surface area contributed by atoms with Gasteiger partial charge in [0.05, 0.1) is 7.11 Å². The Morgan fingerprint density at radius 2 is 2.21 bits per heavy atom. The number of benzene rings is 1. The van der Waals surface area contributed by atoms with Crippen molar-refractivity contribution < 1.29 is 19.4 Å². The van der Waals surface area contributed by atoms with Gasteiger partial charge in [-0.05, 0) is 30.0 Å². The first-order chi connectivity index (χ1) is 9.11. The molecule has 0 saturated heterocycles. The molecule has 0 bridgehead atoms. The second-order valence-electron chi connectivity index (χ2n) is 5.01. The van der Waals surface area contributed by atoms with E-state index < -0.39 is 12.1 Å². The van der Waals surface area contributed by atoms with Crippen LogP contribution in [0.3, 0.4) is 0 Å². The highest BCUT2D eigenvalue weighted by atomic mass is 16.5. The monoisotopic (exact) mass is 261 g/mol. The highest BCUT2D eigenvalue weighted by Gasteiger charge is 2.38. The van der Waals surface area contributed by atoms with Gasteiger partial charge in [0.2, 0.25) is 0 Å². The molecule has 0 aromatic heterocycles. The molecule has 1 heterocycles. The third-order valence-corrected chi connectivity index (χ3v) is 3.69. The van der Waals surface area contributed by atoms with Crippen LogP contribution in [0.25, 0.3) is 0 Å². The zero-order valence-electron chi connectivity index (χ0n) is 10.6. The predicted octanol–water partition coefficient (Wildman–Crippen LogP) is 1.01. The Balaban J connectivity index is 1.89. The molecule has 1 saturated carbocycles. The molecule has 19 heavy (non-hydrogen) atoms. The van der Waals surface area contributed by atoms with Gasteiger partial charge in [-0.3, -0.25) is 4.79 Å². The lowest BCUT2D eigenvalue weighted by Crippen LogP contribution is -2.25. The summed E-state index contributed by atoms with van der Waals surface area (Å²) in [4.78, 5) is 25.4. The van der Waals surface area contributed by atoms with Crippen molar-refractivity contribution in [3.63, 3.8) is 0 Å². The first-order valence-electron chi connectivity index (χ1n) is 6.31. The van der Waals surface area contributed by atoms with Gasteiger partial charge in [-0.2, -0.15) is 0 Å². The molecule has 100 valence electrons. The van der Waals surface area contributed by atoms with Crippen LogP contribution in [0.1, 0.15) is 40.4 Å². The molecule has 1 N–H and O–H groups in total. The normalized spacial score (nSPS) is 19.3. The minimum absolute atomic E-state index is 0.00332. The van der Waals surface area contributed by atoms with Crippen molar-refractivity contribution in [2.24, 2.45) is 0 Å². The molecule has 0 spiro atoms.